The molecule has 0 aromatic heterocycles. The topological polar surface area (TPSA) is 3.24 Å². The Morgan fingerprint density at radius 2 is 1.65 bits per heavy atom. The number of nitrogens with zero attached hydrogens (tertiary/aromatic N) is 1. The third-order valence-corrected chi connectivity index (χ3v) is 4.36. The maximum atomic E-state index is 2.50. The molecule has 0 bridgehead atoms. The molecule has 0 N–H and O–H groups in total. The predicted molar refractivity (Wildman–Crippen MR) is 86.9 cm³/mol. The van der Waals surface area contributed by atoms with Crippen molar-refractivity contribution in [1.82, 2.24) is 0 Å². The van der Waals surface area contributed by atoms with Gasteiger partial charge in [0.25, 0.3) is 0 Å². The second-order valence-corrected chi connectivity index (χ2v) is 5.96. The summed E-state index contributed by atoms with van der Waals surface area (Å²) in [6.07, 6.45) is 2.34. The summed E-state index contributed by atoms with van der Waals surface area (Å²) in [7, 11) is 0. The van der Waals surface area contributed by atoms with E-state index >= 15 is 0 Å². The minimum absolute atomic E-state index is 0.466. The smallest absolute Gasteiger partial charge is 0.0448 e. The van der Waals surface area contributed by atoms with Crippen molar-refractivity contribution in [3.8, 4) is 0 Å². The number of hydrogen-bond acceptors (Lipinski definition) is 1. The molecule has 1 unspecified atom stereocenters. The van der Waals surface area contributed by atoms with Gasteiger partial charge in [0, 0.05) is 17.4 Å². The highest BCUT2D eigenvalue weighted by Crippen LogP contribution is 2.42. The fraction of sp³-hybridized carbons (Fsp3) is 0.368. The van der Waals surface area contributed by atoms with E-state index in [4.69, 9.17) is 0 Å². The highest BCUT2D eigenvalue weighted by molar-refractivity contribution is 5.72. The summed E-state index contributed by atoms with van der Waals surface area (Å²) in [5, 5.41) is 0. The molecule has 1 heteroatoms. The predicted octanol–water partition coefficient (Wildman–Crippen LogP) is 5.28. The molecule has 0 spiro atoms. The Balaban J connectivity index is 2.25. The van der Waals surface area contributed by atoms with Crippen LogP contribution >= 0.6 is 0 Å². The molecular weight excluding hydrogens is 242 g/mol. The molecule has 0 amide bonds. The van der Waals surface area contributed by atoms with E-state index in [1.807, 2.05) is 0 Å². The van der Waals surface area contributed by atoms with Crippen LogP contribution in [0.4, 0.5) is 11.4 Å². The van der Waals surface area contributed by atoms with Gasteiger partial charge < -0.3 is 4.90 Å². The van der Waals surface area contributed by atoms with E-state index in [0.717, 1.165) is 6.42 Å². The first kappa shape index (κ1) is 13.2. The van der Waals surface area contributed by atoms with E-state index in [2.05, 4.69) is 74.2 Å². The lowest BCUT2D eigenvalue weighted by molar-refractivity contribution is 0.666. The van der Waals surface area contributed by atoms with Crippen LogP contribution in [0.3, 0.4) is 0 Å². The van der Waals surface area contributed by atoms with Gasteiger partial charge >= 0.3 is 0 Å². The van der Waals surface area contributed by atoms with Gasteiger partial charge in [-0.3, -0.25) is 0 Å². The van der Waals surface area contributed by atoms with E-state index in [0.29, 0.717) is 12.0 Å². The summed E-state index contributed by atoms with van der Waals surface area (Å²) in [6, 6.07) is 18.3. The second-order valence-electron chi connectivity index (χ2n) is 5.96. The van der Waals surface area contributed by atoms with Gasteiger partial charge in [0.05, 0.1) is 0 Å². The molecule has 0 saturated heterocycles. The third-order valence-electron chi connectivity index (χ3n) is 4.36. The number of benzene rings is 2. The minimum Gasteiger partial charge on any atom is -0.338 e. The zero-order chi connectivity index (χ0) is 14.1. The Hall–Kier alpha value is -1.76. The Labute approximate surface area is 122 Å². The molecule has 3 rings (SSSR count). The van der Waals surface area contributed by atoms with E-state index in [1.165, 1.54) is 28.9 Å². The Morgan fingerprint density at radius 1 is 1.00 bits per heavy atom. The largest absolute Gasteiger partial charge is 0.338 e. The average Bonchev–Trinajstić information content (AvgIpc) is 2.61. The summed E-state index contributed by atoms with van der Waals surface area (Å²) in [4.78, 5) is 2.50. The first-order valence-corrected chi connectivity index (χ1v) is 7.68. The summed E-state index contributed by atoms with van der Waals surface area (Å²) in [5.74, 6) is 0.621. The van der Waals surface area contributed by atoms with Crippen LogP contribution in [0.5, 0.6) is 0 Å². The molecule has 1 aliphatic heterocycles. The maximum Gasteiger partial charge on any atom is 0.0448 e. The van der Waals surface area contributed by atoms with Crippen molar-refractivity contribution in [2.24, 2.45) is 0 Å². The SMILES string of the molecule is CCC1Cc2ccccc2N(C(C)C)c2ccccc21. The fourth-order valence-corrected chi connectivity index (χ4v) is 3.40. The summed E-state index contributed by atoms with van der Waals surface area (Å²) in [5.41, 5.74) is 5.74. The number of rotatable bonds is 2. The first-order chi connectivity index (χ1) is 9.72. The molecule has 0 radical (unpaired) electrons. The van der Waals surface area contributed by atoms with Crippen LogP contribution in [-0.4, -0.2) is 6.04 Å². The molecule has 0 saturated carbocycles. The Kier molecular flexibility index (Phi) is 3.52. The highest BCUT2D eigenvalue weighted by atomic mass is 15.2. The van der Waals surface area contributed by atoms with Gasteiger partial charge in [0.2, 0.25) is 0 Å². The molecule has 2 aromatic rings. The molecule has 1 aliphatic rings. The van der Waals surface area contributed by atoms with Gasteiger partial charge in [0.1, 0.15) is 0 Å². The molecular formula is C19H23N. The average molecular weight is 265 g/mol. The third kappa shape index (κ3) is 2.11. The molecule has 2 aromatic carbocycles. The van der Waals surface area contributed by atoms with Crippen molar-refractivity contribution in [2.75, 3.05) is 4.90 Å². The van der Waals surface area contributed by atoms with E-state index in [1.54, 1.807) is 0 Å². The molecule has 1 nitrogen and oxygen atoms in total. The summed E-state index contributed by atoms with van der Waals surface area (Å²) >= 11 is 0. The first-order valence-electron chi connectivity index (χ1n) is 7.68. The second kappa shape index (κ2) is 5.32. The molecule has 104 valence electrons. The lowest BCUT2D eigenvalue weighted by Crippen LogP contribution is -2.26. The Morgan fingerprint density at radius 3 is 2.35 bits per heavy atom. The molecule has 0 aliphatic carbocycles. The molecule has 20 heavy (non-hydrogen) atoms. The summed E-state index contributed by atoms with van der Waals surface area (Å²) < 4.78 is 0. The summed E-state index contributed by atoms with van der Waals surface area (Å²) in [6.45, 7) is 6.86. The maximum absolute atomic E-state index is 2.50. The fourth-order valence-electron chi connectivity index (χ4n) is 3.40. The van der Waals surface area contributed by atoms with Crippen molar-refractivity contribution in [2.45, 2.75) is 45.6 Å². The zero-order valence-electron chi connectivity index (χ0n) is 12.6. The normalized spacial score (nSPS) is 17.6. The standard InChI is InChI=1S/C19H23N/c1-4-15-13-16-9-5-7-11-18(16)20(14(2)3)19-12-8-6-10-17(15)19/h5-12,14-15H,4,13H2,1-3H3. The monoisotopic (exact) mass is 265 g/mol. The van der Waals surface area contributed by atoms with E-state index in [-0.39, 0.29) is 0 Å². The van der Waals surface area contributed by atoms with Crippen LogP contribution in [0, 0.1) is 0 Å². The van der Waals surface area contributed by atoms with E-state index < -0.39 is 0 Å². The van der Waals surface area contributed by atoms with Gasteiger partial charge in [-0.15, -0.1) is 0 Å². The lowest BCUT2D eigenvalue weighted by Gasteiger charge is -2.31. The van der Waals surface area contributed by atoms with Crippen LogP contribution in [0.25, 0.3) is 0 Å². The van der Waals surface area contributed by atoms with Gasteiger partial charge in [-0.1, -0.05) is 43.3 Å². The highest BCUT2D eigenvalue weighted by Gasteiger charge is 2.26. The van der Waals surface area contributed by atoms with Crippen LogP contribution in [-0.2, 0) is 6.42 Å². The van der Waals surface area contributed by atoms with Crippen molar-refractivity contribution in [1.29, 1.82) is 0 Å². The van der Waals surface area contributed by atoms with Crippen molar-refractivity contribution in [3.05, 3.63) is 59.7 Å². The molecule has 1 heterocycles. The van der Waals surface area contributed by atoms with Gasteiger partial charge in [-0.05, 0) is 55.9 Å². The van der Waals surface area contributed by atoms with Crippen LogP contribution in [0.2, 0.25) is 0 Å². The molecule has 0 fully saturated rings. The van der Waals surface area contributed by atoms with Crippen LogP contribution in [0.15, 0.2) is 48.5 Å². The van der Waals surface area contributed by atoms with Crippen molar-refractivity contribution >= 4 is 11.4 Å². The molecule has 1 atom stereocenters. The Bertz CT molecular complexity index is 600. The van der Waals surface area contributed by atoms with Gasteiger partial charge in [0.15, 0.2) is 0 Å². The zero-order valence-corrected chi connectivity index (χ0v) is 12.6. The number of fused-ring (bicyclic) bond motifs is 2. The number of anilines is 2. The minimum atomic E-state index is 0.466. The lowest BCUT2D eigenvalue weighted by atomic mass is 9.90. The number of hydrogen-bond donors (Lipinski definition) is 0. The van der Waals surface area contributed by atoms with Gasteiger partial charge in [-0.25, -0.2) is 0 Å². The van der Waals surface area contributed by atoms with Crippen molar-refractivity contribution < 1.29 is 0 Å². The van der Waals surface area contributed by atoms with E-state index in [9.17, 15) is 0 Å². The number of para-hydroxylation sites is 2. The quantitative estimate of drug-likeness (QED) is 0.713. The van der Waals surface area contributed by atoms with Crippen LogP contribution < -0.4 is 4.90 Å². The van der Waals surface area contributed by atoms with Gasteiger partial charge in [-0.2, -0.15) is 0 Å². The van der Waals surface area contributed by atoms with Crippen molar-refractivity contribution in [3.63, 3.8) is 0 Å². The van der Waals surface area contributed by atoms with Crippen LogP contribution in [0.1, 0.15) is 44.2 Å².